The largest absolute Gasteiger partial charge is 0.396 e. The van der Waals surface area contributed by atoms with Crippen LogP contribution in [0.1, 0.15) is 89.9 Å². The average molecular weight is 385 g/mol. The van der Waals surface area contributed by atoms with Gasteiger partial charge in [0, 0.05) is 13.0 Å². The summed E-state index contributed by atoms with van der Waals surface area (Å²) in [4.78, 5) is 0. The monoisotopic (exact) mass is 384 g/mol. The lowest BCUT2D eigenvalue weighted by Crippen LogP contribution is -2.16. The van der Waals surface area contributed by atoms with Crippen LogP contribution in [0.4, 0.5) is 0 Å². The summed E-state index contributed by atoms with van der Waals surface area (Å²) in [7, 11) is -1.14. The highest BCUT2D eigenvalue weighted by atomic mass is 32.2. The Morgan fingerprint density at radius 1 is 0.640 bits per heavy atom. The first kappa shape index (κ1) is 25.1. The Hall–Kier alpha value is 0.0869. The van der Waals surface area contributed by atoms with E-state index in [1.54, 1.807) is 0 Å². The number of aliphatic hydroxyl groups is 1. The molecule has 0 atom stereocenters. The van der Waals surface area contributed by atoms with Crippen molar-refractivity contribution in [1.82, 2.24) is 0 Å². The Morgan fingerprint density at radius 2 is 1.08 bits per heavy atom. The van der Waals surface area contributed by atoms with E-state index in [1.165, 1.54) is 82.8 Å². The molecule has 25 heavy (non-hydrogen) atoms. The Balaban J connectivity index is 3.08. The number of hydrogen-bond acceptors (Lipinski definition) is 2. The Morgan fingerprint density at radius 3 is 1.56 bits per heavy atom. The summed E-state index contributed by atoms with van der Waals surface area (Å²) in [5.74, 6) is 5.79. The first-order valence-electron chi connectivity index (χ1n) is 10.7. The van der Waals surface area contributed by atoms with Crippen LogP contribution in [0, 0.1) is 11.5 Å². The van der Waals surface area contributed by atoms with Crippen molar-refractivity contribution >= 4 is 19.8 Å². The van der Waals surface area contributed by atoms with Crippen LogP contribution in [0.25, 0.3) is 0 Å². The molecule has 0 aliphatic heterocycles. The summed E-state index contributed by atoms with van der Waals surface area (Å²) in [5.41, 5.74) is 3.46. The average Bonchev–Trinajstić information content (AvgIpc) is 2.56. The second-order valence-corrected chi connectivity index (χ2v) is 14.2. The van der Waals surface area contributed by atoms with Crippen LogP contribution < -0.4 is 0 Å². The number of aliphatic hydroxyl groups excluding tert-OH is 1. The number of thioether (sulfide) groups is 1. The zero-order valence-corrected chi connectivity index (χ0v) is 19.2. The van der Waals surface area contributed by atoms with Crippen molar-refractivity contribution < 1.29 is 5.11 Å². The second kappa shape index (κ2) is 18.9. The lowest BCUT2D eigenvalue weighted by molar-refractivity contribution is 0.296. The molecule has 0 aromatic rings. The molecule has 0 rings (SSSR count). The number of unbranched alkanes of at least 4 members (excludes halogenated alkanes) is 12. The van der Waals surface area contributed by atoms with Crippen molar-refractivity contribution in [2.45, 2.75) is 110 Å². The van der Waals surface area contributed by atoms with Crippen molar-refractivity contribution in [2.75, 3.05) is 18.1 Å². The molecule has 148 valence electrons. The minimum absolute atomic E-state index is 0.348. The molecule has 3 heteroatoms. The summed E-state index contributed by atoms with van der Waals surface area (Å²) in [6.45, 7) is 7.31. The SMILES string of the molecule is C[Si](C)(C)C#CCCCCCCCCCCCCCCSCCCO. The summed E-state index contributed by atoms with van der Waals surface area (Å²) >= 11 is 2.00. The minimum Gasteiger partial charge on any atom is -0.396 e. The summed E-state index contributed by atoms with van der Waals surface area (Å²) in [5, 5.41) is 8.71. The van der Waals surface area contributed by atoms with E-state index in [1.807, 2.05) is 11.8 Å². The molecule has 0 heterocycles. The van der Waals surface area contributed by atoms with Crippen molar-refractivity contribution in [3.05, 3.63) is 0 Å². The molecule has 0 aliphatic rings. The molecule has 0 unspecified atom stereocenters. The van der Waals surface area contributed by atoms with Crippen LogP contribution >= 0.6 is 11.8 Å². The molecule has 0 saturated heterocycles. The number of hydrogen-bond donors (Lipinski definition) is 1. The summed E-state index contributed by atoms with van der Waals surface area (Å²) in [6.07, 6.45) is 18.9. The minimum atomic E-state index is -1.14. The molecule has 0 bridgehead atoms. The van der Waals surface area contributed by atoms with E-state index < -0.39 is 8.07 Å². The molecule has 0 radical (unpaired) electrons. The van der Waals surface area contributed by atoms with Crippen molar-refractivity contribution in [3.8, 4) is 11.5 Å². The molecule has 1 N–H and O–H groups in total. The van der Waals surface area contributed by atoms with Gasteiger partial charge in [-0.05, 0) is 30.8 Å². The third-order valence-electron chi connectivity index (χ3n) is 4.25. The van der Waals surface area contributed by atoms with Crippen LogP contribution in [-0.4, -0.2) is 31.3 Å². The van der Waals surface area contributed by atoms with E-state index >= 15 is 0 Å². The molecule has 0 aromatic carbocycles. The predicted octanol–water partition coefficient (Wildman–Crippen LogP) is 7.05. The smallest absolute Gasteiger partial charge is 0.129 e. The summed E-state index contributed by atoms with van der Waals surface area (Å²) < 4.78 is 0. The lowest BCUT2D eigenvalue weighted by Gasteiger charge is -2.04. The van der Waals surface area contributed by atoms with E-state index in [2.05, 4.69) is 31.1 Å². The van der Waals surface area contributed by atoms with E-state index in [-0.39, 0.29) is 0 Å². The van der Waals surface area contributed by atoms with Crippen LogP contribution in [0.5, 0.6) is 0 Å². The maximum Gasteiger partial charge on any atom is 0.129 e. The Labute approximate surface area is 164 Å². The summed E-state index contributed by atoms with van der Waals surface area (Å²) in [6, 6.07) is 0. The van der Waals surface area contributed by atoms with Crippen LogP contribution in [-0.2, 0) is 0 Å². The van der Waals surface area contributed by atoms with E-state index in [9.17, 15) is 0 Å². The Bertz CT molecular complexity index is 327. The third-order valence-corrected chi connectivity index (χ3v) is 6.33. The van der Waals surface area contributed by atoms with Crippen molar-refractivity contribution in [1.29, 1.82) is 0 Å². The van der Waals surface area contributed by atoms with Crippen molar-refractivity contribution in [2.24, 2.45) is 0 Å². The predicted molar refractivity (Wildman–Crippen MR) is 120 cm³/mol. The van der Waals surface area contributed by atoms with Gasteiger partial charge in [0.15, 0.2) is 0 Å². The molecule has 0 fully saturated rings. The van der Waals surface area contributed by atoms with Gasteiger partial charge in [-0.3, -0.25) is 0 Å². The maximum atomic E-state index is 8.71. The molecule has 0 aromatic heterocycles. The molecule has 0 amide bonds. The fourth-order valence-electron chi connectivity index (χ4n) is 2.78. The first-order chi connectivity index (χ1) is 12.1. The van der Waals surface area contributed by atoms with Crippen molar-refractivity contribution in [3.63, 3.8) is 0 Å². The van der Waals surface area contributed by atoms with Gasteiger partial charge in [-0.15, -0.1) is 11.5 Å². The van der Waals surface area contributed by atoms with E-state index in [0.29, 0.717) is 6.61 Å². The molecule has 1 nitrogen and oxygen atoms in total. The highest BCUT2D eigenvalue weighted by molar-refractivity contribution is 7.99. The molecule has 0 saturated carbocycles. The van der Waals surface area contributed by atoms with Gasteiger partial charge in [0.2, 0.25) is 0 Å². The topological polar surface area (TPSA) is 20.2 Å². The highest BCUT2D eigenvalue weighted by Gasteiger charge is 2.06. The van der Waals surface area contributed by atoms with Crippen LogP contribution in [0.15, 0.2) is 0 Å². The molecular formula is C22H44OSSi. The third kappa shape index (κ3) is 24.1. The fourth-order valence-corrected chi connectivity index (χ4v) is 4.38. The molecular weight excluding hydrogens is 340 g/mol. The van der Waals surface area contributed by atoms with Gasteiger partial charge in [-0.2, -0.15) is 11.8 Å². The zero-order valence-electron chi connectivity index (χ0n) is 17.4. The van der Waals surface area contributed by atoms with Crippen LogP contribution in [0.3, 0.4) is 0 Å². The van der Waals surface area contributed by atoms with Gasteiger partial charge < -0.3 is 5.11 Å². The quantitative estimate of drug-likeness (QED) is 0.165. The molecule has 0 spiro atoms. The maximum absolute atomic E-state index is 8.71. The second-order valence-electron chi connectivity index (χ2n) is 8.23. The molecule has 0 aliphatic carbocycles. The van der Waals surface area contributed by atoms with Gasteiger partial charge in [-0.1, -0.05) is 83.8 Å². The fraction of sp³-hybridized carbons (Fsp3) is 0.909. The first-order valence-corrected chi connectivity index (χ1v) is 15.4. The standard InChI is InChI=1S/C22H44OSSi/c1-25(2,3)22-17-15-13-11-9-7-5-4-6-8-10-12-14-16-20-24-21-18-19-23/h23H,4-16,18-21H2,1-3H3. The van der Waals surface area contributed by atoms with Gasteiger partial charge >= 0.3 is 0 Å². The van der Waals surface area contributed by atoms with E-state index in [0.717, 1.165) is 18.6 Å². The van der Waals surface area contributed by atoms with Gasteiger partial charge in [0.05, 0.1) is 0 Å². The Kier molecular flexibility index (Phi) is 18.9. The lowest BCUT2D eigenvalue weighted by atomic mass is 10.0. The highest BCUT2D eigenvalue weighted by Crippen LogP contribution is 2.13. The van der Waals surface area contributed by atoms with Crippen LogP contribution in [0.2, 0.25) is 19.6 Å². The number of rotatable bonds is 17. The van der Waals surface area contributed by atoms with E-state index in [4.69, 9.17) is 5.11 Å². The van der Waals surface area contributed by atoms with Gasteiger partial charge in [-0.25, -0.2) is 0 Å². The van der Waals surface area contributed by atoms with Gasteiger partial charge in [0.1, 0.15) is 8.07 Å². The zero-order chi connectivity index (χ0) is 18.6. The van der Waals surface area contributed by atoms with Gasteiger partial charge in [0.25, 0.3) is 0 Å². The normalized spacial score (nSPS) is 11.4.